The predicted molar refractivity (Wildman–Crippen MR) is 140 cm³/mol. The van der Waals surface area contributed by atoms with E-state index >= 15 is 0 Å². The maximum atomic E-state index is 4.39. The van der Waals surface area contributed by atoms with Gasteiger partial charge in [-0.05, 0) is 94.2 Å². The molecule has 162 valence electrons. The van der Waals surface area contributed by atoms with Gasteiger partial charge in [0.1, 0.15) is 0 Å². The van der Waals surface area contributed by atoms with Gasteiger partial charge in [-0.15, -0.1) is 0 Å². The van der Waals surface area contributed by atoms with Gasteiger partial charge in [0.05, 0.1) is 0 Å². The first-order chi connectivity index (χ1) is 15.0. The van der Waals surface area contributed by atoms with E-state index in [2.05, 4.69) is 102 Å². The van der Waals surface area contributed by atoms with Crippen LogP contribution in [0.3, 0.4) is 0 Å². The monoisotopic (exact) mass is 410 g/mol. The zero-order chi connectivity index (χ0) is 22.4. The van der Waals surface area contributed by atoms with Crippen LogP contribution in [-0.2, 0) is 6.42 Å². The summed E-state index contributed by atoms with van der Waals surface area (Å²) in [5.41, 5.74) is 7.68. The van der Waals surface area contributed by atoms with E-state index in [4.69, 9.17) is 0 Å². The number of fused-ring (bicyclic) bond motifs is 1. The van der Waals surface area contributed by atoms with Crippen LogP contribution in [0.5, 0.6) is 0 Å². The van der Waals surface area contributed by atoms with Crippen LogP contribution in [0.25, 0.3) is 21.9 Å². The smallest absolute Gasteiger partial charge is 0.00257 e. The molecule has 0 aliphatic carbocycles. The molecular formula is C31H38. The van der Waals surface area contributed by atoms with Crippen LogP contribution in [0.15, 0.2) is 73.8 Å². The normalized spacial score (nSPS) is 11.4. The number of hydrogen-bond donors (Lipinski definition) is 0. The van der Waals surface area contributed by atoms with Gasteiger partial charge in [-0.1, -0.05) is 95.5 Å². The van der Waals surface area contributed by atoms with Gasteiger partial charge in [0.15, 0.2) is 0 Å². The Labute approximate surface area is 189 Å². The van der Waals surface area contributed by atoms with E-state index in [0.717, 1.165) is 24.8 Å². The second kappa shape index (κ2) is 10.6. The van der Waals surface area contributed by atoms with Gasteiger partial charge in [-0.2, -0.15) is 0 Å². The first-order valence-electron chi connectivity index (χ1n) is 12.0. The molecule has 0 spiro atoms. The Morgan fingerprint density at radius 2 is 1.26 bits per heavy atom. The van der Waals surface area contributed by atoms with Crippen molar-refractivity contribution >= 4 is 21.9 Å². The zero-order valence-corrected chi connectivity index (χ0v) is 19.9. The standard InChI is InChI=1S/C31H38/c1-7-25(8-2)23(6)27-13-11-24(12-14-27)19-22(5)28-15-16-31-21-29(26(9-3)10-4)17-18-30(31)20-28/h11-18,20-21,25-26H,5-10,19H2,1-4H3. The van der Waals surface area contributed by atoms with Gasteiger partial charge in [0, 0.05) is 0 Å². The maximum Gasteiger partial charge on any atom is -0.00257 e. The number of benzene rings is 3. The average molecular weight is 411 g/mol. The summed E-state index contributed by atoms with van der Waals surface area (Å²) in [6, 6.07) is 22.6. The average Bonchev–Trinajstić information content (AvgIpc) is 2.80. The van der Waals surface area contributed by atoms with Crippen molar-refractivity contribution in [3.63, 3.8) is 0 Å². The third-order valence-electron chi connectivity index (χ3n) is 6.95. The molecule has 0 amide bonds. The summed E-state index contributed by atoms with van der Waals surface area (Å²) < 4.78 is 0. The van der Waals surface area contributed by atoms with Gasteiger partial charge in [-0.25, -0.2) is 0 Å². The van der Waals surface area contributed by atoms with Crippen molar-refractivity contribution in [2.24, 2.45) is 5.92 Å². The van der Waals surface area contributed by atoms with Crippen molar-refractivity contribution in [1.29, 1.82) is 0 Å². The summed E-state index contributed by atoms with van der Waals surface area (Å²) >= 11 is 0. The Morgan fingerprint density at radius 3 is 1.87 bits per heavy atom. The van der Waals surface area contributed by atoms with Crippen molar-refractivity contribution < 1.29 is 0 Å². The van der Waals surface area contributed by atoms with Gasteiger partial charge >= 0.3 is 0 Å². The Hall–Kier alpha value is -2.60. The lowest BCUT2D eigenvalue weighted by Crippen LogP contribution is -2.00. The van der Waals surface area contributed by atoms with Gasteiger partial charge < -0.3 is 0 Å². The molecule has 0 saturated heterocycles. The molecule has 0 fully saturated rings. The Morgan fingerprint density at radius 1 is 0.677 bits per heavy atom. The molecule has 0 radical (unpaired) electrons. The molecule has 0 nitrogen and oxygen atoms in total. The summed E-state index contributed by atoms with van der Waals surface area (Å²) in [7, 11) is 0. The predicted octanol–water partition coefficient (Wildman–Crippen LogP) is 9.45. The summed E-state index contributed by atoms with van der Waals surface area (Å²) in [5, 5.41) is 2.62. The SMILES string of the molecule is C=C(Cc1ccc(C(=C)C(CC)CC)cc1)c1ccc2cc(C(CC)CC)ccc2c1. The summed E-state index contributed by atoms with van der Waals surface area (Å²) in [5.74, 6) is 1.23. The summed E-state index contributed by atoms with van der Waals surface area (Å²) in [6.45, 7) is 17.8. The highest BCUT2D eigenvalue weighted by Crippen LogP contribution is 2.30. The van der Waals surface area contributed by atoms with Crippen molar-refractivity contribution in [3.8, 4) is 0 Å². The molecule has 0 aromatic heterocycles. The van der Waals surface area contributed by atoms with E-state index in [0.29, 0.717) is 11.8 Å². The fourth-order valence-electron chi connectivity index (χ4n) is 4.70. The van der Waals surface area contributed by atoms with Gasteiger partial charge in [-0.3, -0.25) is 0 Å². The molecule has 0 heterocycles. The van der Waals surface area contributed by atoms with E-state index in [1.54, 1.807) is 0 Å². The minimum Gasteiger partial charge on any atom is -0.0950 e. The largest absolute Gasteiger partial charge is 0.0950 e. The van der Waals surface area contributed by atoms with Crippen LogP contribution in [-0.4, -0.2) is 0 Å². The first-order valence-corrected chi connectivity index (χ1v) is 12.0. The lowest BCUT2D eigenvalue weighted by atomic mass is 9.88. The molecule has 0 saturated carbocycles. The van der Waals surface area contributed by atoms with E-state index in [-0.39, 0.29) is 0 Å². The highest BCUT2D eigenvalue weighted by Gasteiger charge is 2.11. The third-order valence-corrected chi connectivity index (χ3v) is 6.95. The molecule has 0 unspecified atom stereocenters. The molecule has 3 rings (SSSR count). The van der Waals surface area contributed by atoms with Crippen molar-refractivity contribution in [3.05, 3.63) is 96.1 Å². The number of hydrogen-bond acceptors (Lipinski definition) is 0. The molecule has 0 N–H and O–H groups in total. The Balaban J connectivity index is 1.74. The summed E-state index contributed by atoms with van der Waals surface area (Å²) in [4.78, 5) is 0. The molecule has 0 heteroatoms. The van der Waals surface area contributed by atoms with Crippen molar-refractivity contribution in [1.82, 2.24) is 0 Å². The molecule has 3 aromatic rings. The second-order valence-corrected chi connectivity index (χ2v) is 8.85. The molecule has 31 heavy (non-hydrogen) atoms. The Bertz CT molecular complexity index is 1030. The highest BCUT2D eigenvalue weighted by molar-refractivity contribution is 5.87. The van der Waals surface area contributed by atoms with Crippen LogP contribution < -0.4 is 0 Å². The minimum absolute atomic E-state index is 0.573. The highest BCUT2D eigenvalue weighted by atomic mass is 14.2. The van der Waals surface area contributed by atoms with Crippen molar-refractivity contribution in [2.45, 2.75) is 65.7 Å². The molecule has 0 aliphatic rings. The van der Waals surface area contributed by atoms with Crippen molar-refractivity contribution in [2.75, 3.05) is 0 Å². The fraction of sp³-hybridized carbons (Fsp3) is 0.355. The minimum atomic E-state index is 0.573. The van der Waals surface area contributed by atoms with Crippen LogP contribution in [0.1, 0.15) is 81.5 Å². The quantitative estimate of drug-likeness (QED) is 0.312. The maximum absolute atomic E-state index is 4.39. The van der Waals surface area contributed by atoms with Crippen LogP contribution >= 0.6 is 0 Å². The third kappa shape index (κ3) is 5.37. The van der Waals surface area contributed by atoms with Crippen LogP contribution in [0.4, 0.5) is 0 Å². The van der Waals surface area contributed by atoms with Gasteiger partial charge in [0.2, 0.25) is 0 Å². The van der Waals surface area contributed by atoms with Crippen LogP contribution in [0.2, 0.25) is 0 Å². The number of rotatable bonds is 10. The lowest BCUT2D eigenvalue weighted by molar-refractivity contribution is 0.625. The first kappa shape index (κ1) is 23.1. The summed E-state index contributed by atoms with van der Waals surface area (Å²) in [6.07, 6.45) is 5.56. The van der Waals surface area contributed by atoms with Crippen LogP contribution in [0, 0.1) is 5.92 Å². The molecule has 0 bridgehead atoms. The lowest BCUT2D eigenvalue weighted by Gasteiger charge is -2.16. The molecule has 0 aliphatic heterocycles. The molecule has 0 atom stereocenters. The fourth-order valence-corrected chi connectivity index (χ4v) is 4.70. The Kier molecular flexibility index (Phi) is 7.91. The molecule has 3 aromatic carbocycles. The van der Waals surface area contributed by atoms with E-state index in [1.807, 2.05) is 0 Å². The zero-order valence-electron chi connectivity index (χ0n) is 19.9. The molecular weight excluding hydrogens is 372 g/mol. The van der Waals surface area contributed by atoms with Gasteiger partial charge in [0.25, 0.3) is 0 Å². The number of allylic oxidation sites excluding steroid dienone is 2. The topological polar surface area (TPSA) is 0 Å². The van der Waals surface area contributed by atoms with E-state index in [9.17, 15) is 0 Å². The van der Waals surface area contributed by atoms with E-state index < -0.39 is 0 Å². The second-order valence-electron chi connectivity index (χ2n) is 8.85. The van der Waals surface area contributed by atoms with E-state index in [1.165, 1.54) is 51.4 Å².